The number of carboxylic acids is 1. The first kappa shape index (κ1) is 29.1. The number of hydrogen-bond acceptors (Lipinski definition) is 8. The fourth-order valence-electron chi connectivity index (χ4n) is 4.49. The van der Waals surface area contributed by atoms with Crippen LogP contribution in [0.3, 0.4) is 0 Å². The van der Waals surface area contributed by atoms with E-state index in [0.29, 0.717) is 29.7 Å². The molecule has 0 saturated heterocycles. The number of halogens is 3. The van der Waals surface area contributed by atoms with E-state index in [4.69, 9.17) is 20.9 Å². The summed E-state index contributed by atoms with van der Waals surface area (Å²) >= 11 is 0. The molecule has 0 atom stereocenters. The zero-order chi connectivity index (χ0) is 28.7. The van der Waals surface area contributed by atoms with E-state index < -0.39 is 34.2 Å². The smallest absolute Gasteiger partial charge is 0.341 e. The van der Waals surface area contributed by atoms with Crippen molar-refractivity contribution in [1.29, 1.82) is 0 Å². The maximum Gasteiger partial charge on any atom is 0.341 e. The predicted octanol–water partition coefficient (Wildman–Crippen LogP) is 3.70. The number of methoxy groups -OCH3 is 2. The summed E-state index contributed by atoms with van der Waals surface area (Å²) in [4.78, 5) is 32.2. The molecular formula is C28H24ClF2N5O5. The van der Waals surface area contributed by atoms with E-state index in [1.807, 2.05) is 0 Å². The van der Waals surface area contributed by atoms with E-state index in [-0.39, 0.29) is 58.9 Å². The molecule has 0 amide bonds. The average Bonchev–Trinajstić information content (AvgIpc) is 3.75. The highest BCUT2D eigenvalue weighted by Gasteiger charge is 2.29. The van der Waals surface area contributed by atoms with E-state index in [2.05, 4.69) is 21.8 Å². The van der Waals surface area contributed by atoms with Crippen LogP contribution in [-0.4, -0.2) is 39.8 Å². The van der Waals surface area contributed by atoms with Gasteiger partial charge in [-0.15, -0.1) is 12.4 Å². The third-order valence-electron chi connectivity index (χ3n) is 6.55. The van der Waals surface area contributed by atoms with Crippen molar-refractivity contribution in [2.45, 2.75) is 25.3 Å². The molecule has 4 aromatic rings. The fraction of sp³-hybridized carbons (Fsp3) is 0.214. The van der Waals surface area contributed by atoms with Gasteiger partial charge in [0, 0.05) is 30.4 Å². The third-order valence-corrected chi connectivity index (χ3v) is 6.55. The van der Waals surface area contributed by atoms with E-state index in [9.17, 15) is 14.7 Å². The van der Waals surface area contributed by atoms with Crippen LogP contribution in [0.5, 0.6) is 11.5 Å². The Morgan fingerprint density at radius 2 is 1.90 bits per heavy atom. The Hall–Kier alpha value is -4.89. The lowest BCUT2D eigenvalue weighted by atomic mass is 10.0. The number of nitrogens with zero attached hydrogens (tertiary/aromatic N) is 3. The average molecular weight is 584 g/mol. The van der Waals surface area contributed by atoms with Crippen molar-refractivity contribution in [3.63, 3.8) is 0 Å². The maximum absolute atomic E-state index is 15.8. The number of rotatable bonds is 6. The summed E-state index contributed by atoms with van der Waals surface area (Å²) < 4.78 is 43.3. The molecule has 2 heterocycles. The molecule has 5 N–H and O–H groups in total. The molecule has 0 unspecified atom stereocenters. The molecule has 2 aromatic carbocycles. The number of fused-ring (bicyclic) bond motifs is 1. The summed E-state index contributed by atoms with van der Waals surface area (Å²) in [6, 6.07) is 3.98. The molecule has 2 aromatic heterocycles. The Labute approximate surface area is 238 Å². The summed E-state index contributed by atoms with van der Waals surface area (Å²) in [5, 5.41) is 9.06. The molecule has 0 spiro atoms. The second kappa shape index (κ2) is 11.3. The molecule has 13 heteroatoms. The van der Waals surface area contributed by atoms with Gasteiger partial charge in [0.25, 0.3) is 0 Å². The van der Waals surface area contributed by atoms with Crippen LogP contribution in [0.25, 0.3) is 10.9 Å². The number of pyridine rings is 1. The van der Waals surface area contributed by atoms with Gasteiger partial charge < -0.3 is 30.6 Å². The topological polar surface area (TPSA) is 156 Å². The number of nitrogen functional groups attached to an aromatic ring is 2. The number of ether oxygens (including phenoxy) is 2. The molecule has 5 rings (SSSR count). The van der Waals surface area contributed by atoms with Gasteiger partial charge in [0.15, 0.2) is 17.3 Å². The zero-order valence-corrected chi connectivity index (χ0v) is 22.6. The Balaban J connectivity index is 0.00000387. The van der Waals surface area contributed by atoms with Gasteiger partial charge in [-0.3, -0.25) is 4.79 Å². The van der Waals surface area contributed by atoms with Crippen LogP contribution in [-0.2, 0) is 6.42 Å². The van der Waals surface area contributed by atoms with Gasteiger partial charge in [0.2, 0.25) is 11.4 Å². The summed E-state index contributed by atoms with van der Waals surface area (Å²) in [6.45, 7) is 0. The second-order valence-electron chi connectivity index (χ2n) is 9.20. The van der Waals surface area contributed by atoms with Crippen molar-refractivity contribution in [2.24, 2.45) is 0 Å². The molecule has 0 aliphatic heterocycles. The van der Waals surface area contributed by atoms with Gasteiger partial charge in [0.05, 0.1) is 36.2 Å². The van der Waals surface area contributed by atoms with Gasteiger partial charge in [-0.2, -0.15) is 4.98 Å². The first-order chi connectivity index (χ1) is 19.1. The number of nitrogens with two attached hydrogens (primary N) is 2. The van der Waals surface area contributed by atoms with Crippen molar-refractivity contribution in [3.05, 3.63) is 80.3 Å². The van der Waals surface area contributed by atoms with Gasteiger partial charge in [-0.05, 0) is 36.6 Å². The van der Waals surface area contributed by atoms with E-state index >= 15 is 8.78 Å². The van der Waals surface area contributed by atoms with Crippen molar-refractivity contribution in [3.8, 4) is 23.3 Å². The van der Waals surface area contributed by atoms with Crippen LogP contribution in [0.15, 0.2) is 35.4 Å². The van der Waals surface area contributed by atoms with Crippen LogP contribution >= 0.6 is 12.4 Å². The molecular weight excluding hydrogens is 560 g/mol. The molecule has 1 aliphatic carbocycles. The molecule has 1 aliphatic rings. The number of aromatic carboxylic acids is 1. The number of hydrogen-bond donors (Lipinski definition) is 3. The summed E-state index contributed by atoms with van der Waals surface area (Å²) in [5.41, 5.74) is 10.8. The Morgan fingerprint density at radius 1 is 1.17 bits per heavy atom. The molecule has 0 bridgehead atoms. The minimum Gasteiger partial charge on any atom is -0.493 e. The normalized spacial score (nSPS) is 12.3. The highest BCUT2D eigenvalue weighted by atomic mass is 35.5. The number of anilines is 2. The maximum atomic E-state index is 15.8. The molecule has 212 valence electrons. The number of carboxylic acid groups (broad SMARTS) is 1. The molecule has 10 nitrogen and oxygen atoms in total. The Morgan fingerprint density at radius 3 is 2.51 bits per heavy atom. The van der Waals surface area contributed by atoms with Gasteiger partial charge in [-0.25, -0.2) is 18.6 Å². The van der Waals surface area contributed by atoms with Gasteiger partial charge in [0.1, 0.15) is 17.2 Å². The van der Waals surface area contributed by atoms with E-state index in [0.717, 1.165) is 12.3 Å². The van der Waals surface area contributed by atoms with Crippen LogP contribution < -0.4 is 26.4 Å². The summed E-state index contributed by atoms with van der Waals surface area (Å²) in [5.74, 6) is 2.45. The molecule has 1 saturated carbocycles. The molecule has 0 radical (unpaired) electrons. The first-order valence-electron chi connectivity index (χ1n) is 12.1. The zero-order valence-electron chi connectivity index (χ0n) is 21.8. The minimum atomic E-state index is -1.47. The van der Waals surface area contributed by atoms with Crippen LogP contribution in [0, 0.1) is 23.5 Å². The van der Waals surface area contributed by atoms with Crippen molar-refractivity contribution in [2.75, 3.05) is 25.7 Å². The van der Waals surface area contributed by atoms with Crippen LogP contribution in [0.1, 0.15) is 51.5 Å². The number of benzene rings is 2. The van der Waals surface area contributed by atoms with E-state index in [1.54, 1.807) is 12.1 Å². The summed E-state index contributed by atoms with van der Waals surface area (Å²) in [7, 11) is 2.84. The Bertz CT molecular complexity index is 1830. The lowest BCUT2D eigenvalue weighted by Crippen LogP contribution is -2.20. The van der Waals surface area contributed by atoms with Crippen molar-refractivity contribution >= 4 is 41.0 Å². The molecule has 41 heavy (non-hydrogen) atoms. The lowest BCUT2D eigenvalue weighted by Gasteiger charge is -2.14. The second-order valence-corrected chi connectivity index (χ2v) is 9.20. The summed E-state index contributed by atoms with van der Waals surface area (Å²) in [6.07, 6.45) is 4.21. The largest absolute Gasteiger partial charge is 0.493 e. The third kappa shape index (κ3) is 5.44. The van der Waals surface area contributed by atoms with Gasteiger partial charge in [-0.1, -0.05) is 11.8 Å². The standard InChI is InChI=1S/C28H23F2N5O5.ClH/c1-39-21-9-13(8-15-11-33-28(32)34-26(15)31)7-14(25(21)40-2)3-6-17-20(29)10-18-23(22(17)30)35(16-4-5-16)12-19(24(18)36)27(37)38;/h7,9-12,16H,4-5,8H2,1-2H3,(H,37,38)(H4,31,32,33,34);1H. The monoisotopic (exact) mass is 583 g/mol. The van der Waals surface area contributed by atoms with E-state index in [1.165, 1.54) is 25.0 Å². The quantitative estimate of drug-likeness (QED) is 0.288. The van der Waals surface area contributed by atoms with Crippen LogP contribution in [0.4, 0.5) is 20.5 Å². The Kier molecular flexibility index (Phi) is 8.02. The molecule has 1 fully saturated rings. The van der Waals surface area contributed by atoms with Crippen LogP contribution in [0.2, 0.25) is 0 Å². The number of aromatic nitrogens is 3. The van der Waals surface area contributed by atoms with Gasteiger partial charge >= 0.3 is 5.97 Å². The van der Waals surface area contributed by atoms with Crippen molar-refractivity contribution in [1.82, 2.24) is 14.5 Å². The lowest BCUT2D eigenvalue weighted by molar-refractivity contribution is 0.0694. The number of carbonyl (C=O) groups is 1. The first-order valence-corrected chi connectivity index (χ1v) is 12.1. The SMILES string of the molecule is COc1cc(Cc2cnc(N)nc2N)cc(C#Cc2c(F)cc3c(=O)c(C(=O)O)cn(C4CC4)c3c2F)c1OC.Cl. The highest BCUT2D eigenvalue weighted by Crippen LogP contribution is 2.38. The minimum absolute atomic E-state index is 0. The predicted molar refractivity (Wildman–Crippen MR) is 150 cm³/mol. The van der Waals surface area contributed by atoms with Crippen molar-refractivity contribution < 1.29 is 28.2 Å². The fourth-order valence-corrected chi connectivity index (χ4v) is 4.49. The highest BCUT2D eigenvalue weighted by molar-refractivity contribution is 5.93.